The van der Waals surface area contributed by atoms with Crippen LogP contribution in [0.3, 0.4) is 0 Å². The summed E-state index contributed by atoms with van der Waals surface area (Å²) in [5.74, 6) is -1.10. The average Bonchev–Trinajstić information content (AvgIpc) is 2.25. The van der Waals surface area contributed by atoms with Crippen molar-refractivity contribution in [1.82, 2.24) is 10.2 Å². The van der Waals surface area contributed by atoms with Crippen LogP contribution in [0.15, 0.2) is 0 Å². The van der Waals surface area contributed by atoms with Crippen molar-refractivity contribution in [3.05, 3.63) is 0 Å². The Kier molecular flexibility index (Phi) is 5.68. The number of halogens is 3. The molecule has 0 saturated carbocycles. The zero-order valence-corrected chi connectivity index (χ0v) is 12.5. The normalized spacial score (nSPS) is 20.2. The van der Waals surface area contributed by atoms with Gasteiger partial charge in [-0.3, -0.25) is 0 Å². The fourth-order valence-electron chi connectivity index (χ4n) is 2.56. The molecule has 0 spiro atoms. The summed E-state index contributed by atoms with van der Waals surface area (Å²) in [6, 6.07) is 0.440. The third kappa shape index (κ3) is 6.13. The number of nitrogens with zero attached hydrogens (tertiary/aromatic N) is 1. The molecule has 0 atom stereocenters. The lowest BCUT2D eigenvalue weighted by Crippen LogP contribution is -2.46. The largest absolute Gasteiger partial charge is 0.391 e. The maximum atomic E-state index is 12.6. The number of likely N-dealkylation sites (tertiary alicyclic amines) is 1. The van der Waals surface area contributed by atoms with Gasteiger partial charge in [0.2, 0.25) is 0 Å². The third-order valence-electron chi connectivity index (χ3n) is 3.69. The monoisotopic (exact) mass is 280 g/mol. The summed E-state index contributed by atoms with van der Waals surface area (Å²) >= 11 is 0. The molecule has 0 aromatic heterocycles. The zero-order valence-electron chi connectivity index (χ0n) is 12.5. The van der Waals surface area contributed by atoms with Crippen molar-refractivity contribution in [2.45, 2.75) is 52.8 Å². The van der Waals surface area contributed by atoms with E-state index in [1.807, 2.05) is 0 Å². The SMILES string of the molecule is CC(C)NCC(C)(C)CN1CCC(C(F)(F)F)CC1. The van der Waals surface area contributed by atoms with Crippen LogP contribution >= 0.6 is 0 Å². The van der Waals surface area contributed by atoms with Crippen molar-refractivity contribution in [1.29, 1.82) is 0 Å². The molecule has 1 saturated heterocycles. The van der Waals surface area contributed by atoms with Crippen molar-refractivity contribution in [3.63, 3.8) is 0 Å². The Hall–Kier alpha value is -0.290. The Morgan fingerprint density at radius 1 is 1.16 bits per heavy atom. The minimum Gasteiger partial charge on any atom is -0.314 e. The highest BCUT2D eigenvalue weighted by molar-refractivity contribution is 4.82. The van der Waals surface area contributed by atoms with Crippen molar-refractivity contribution >= 4 is 0 Å². The predicted octanol–water partition coefficient (Wildman–Crippen LogP) is 3.28. The Balaban J connectivity index is 2.36. The minimum absolute atomic E-state index is 0.0926. The van der Waals surface area contributed by atoms with E-state index in [1.54, 1.807) is 0 Å². The smallest absolute Gasteiger partial charge is 0.314 e. The Bertz CT molecular complexity index is 266. The van der Waals surface area contributed by atoms with Crippen LogP contribution in [0, 0.1) is 11.3 Å². The first-order valence-corrected chi connectivity index (χ1v) is 7.12. The molecule has 1 heterocycles. The van der Waals surface area contributed by atoms with Crippen molar-refractivity contribution in [3.8, 4) is 0 Å². The van der Waals surface area contributed by atoms with E-state index < -0.39 is 12.1 Å². The van der Waals surface area contributed by atoms with Crippen molar-refractivity contribution in [2.75, 3.05) is 26.2 Å². The number of rotatable bonds is 5. The van der Waals surface area contributed by atoms with Gasteiger partial charge in [-0.05, 0) is 31.3 Å². The summed E-state index contributed by atoms with van der Waals surface area (Å²) in [5.41, 5.74) is 0.0926. The first kappa shape index (κ1) is 16.8. The summed E-state index contributed by atoms with van der Waals surface area (Å²) in [6.07, 6.45) is -3.52. The molecule has 0 unspecified atom stereocenters. The molecule has 5 heteroatoms. The van der Waals surface area contributed by atoms with E-state index in [9.17, 15) is 13.2 Å². The van der Waals surface area contributed by atoms with Gasteiger partial charge in [0.1, 0.15) is 0 Å². The quantitative estimate of drug-likeness (QED) is 0.831. The second-order valence-corrected chi connectivity index (χ2v) is 6.79. The molecule has 1 fully saturated rings. The van der Waals surface area contributed by atoms with Gasteiger partial charge in [0.25, 0.3) is 0 Å². The average molecular weight is 280 g/mol. The number of nitrogens with one attached hydrogen (secondary N) is 1. The van der Waals surface area contributed by atoms with Gasteiger partial charge in [-0.25, -0.2) is 0 Å². The van der Waals surface area contributed by atoms with E-state index in [1.165, 1.54) is 0 Å². The minimum atomic E-state index is -4.01. The van der Waals surface area contributed by atoms with Crippen molar-refractivity contribution in [2.24, 2.45) is 11.3 Å². The molecule has 0 aromatic rings. The molecule has 0 amide bonds. The van der Waals surface area contributed by atoms with E-state index in [-0.39, 0.29) is 18.3 Å². The second-order valence-electron chi connectivity index (χ2n) is 6.79. The highest BCUT2D eigenvalue weighted by atomic mass is 19.4. The van der Waals surface area contributed by atoms with E-state index >= 15 is 0 Å². The first-order chi connectivity index (χ1) is 8.60. The van der Waals surface area contributed by atoms with Crippen LogP contribution in [-0.2, 0) is 0 Å². The van der Waals surface area contributed by atoms with Gasteiger partial charge in [-0.1, -0.05) is 27.7 Å². The molecule has 0 aliphatic carbocycles. The van der Waals surface area contributed by atoms with Gasteiger partial charge in [-0.15, -0.1) is 0 Å². The lowest BCUT2D eigenvalue weighted by Gasteiger charge is -2.38. The van der Waals surface area contributed by atoms with Crippen LogP contribution in [0.5, 0.6) is 0 Å². The lowest BCUT2D eigenvalue weighted by molar-refractivity contribution is -0.185. The van der Waals surface area contributed by atoms with Gasteiger partial charge in [0.05, 0.1) is 5.92 Å². The summed E-state index contributed by atoms with van der Waals surface area (Å²) < 4.78 is 37.8. The third-order valence-corrected chi connectivity index (χ3v) is 3.69. The van der Waals surface area contributed by atoms with Crippen LogP contribution in [0.25, 0.3) is 0 Å². The molecule has 2 nitrogen and oxygen atoms in total. The summed E-state index contributed by atoms with van der Waals surface area (Å²) in [4.78, 5) is 2.17. The summed E-state index contributed by atoms with van der Waals surface area (Å²) in [5, 5.41) is 3.40. The van der Waals surface area contributed by atoms with Gasteiger partial charge in [-0.2, -0.15) is 13.2 Å². The maximum absolute atomic E-state index is 12.6. The van der Waals surface area contributed by atoms with Crippen LogP contribution in [0.4, 0.5) is 13.2 Å². The number of piperidine rings is 1. The van der Waals surface area contributed by atoms with Gasteiger partial charge >= 0.3 is 6.18 Å². The molecule has 114 valence electrons. The Morgan fingerprint density at radius 3 is 2.11 bits per heavy atom. The molecule has 1 aliphatic rings. The van der Waals surface area contributed by atoms with Gasteiger partial charge in [0, 0.05) is 19.1 Å². The molecule has 0 bridgehead atoms. The highest BCUT2D eigenvalue weighted by Crippen LogP contribution is 2.34. The fraction of sp³-hybridized carbons (Fsp3) is 1.00. The molecule has 1 aliphatic heterocycles. The zero-order chi connectivity index (χ0) is 14.7. The summed E-state index contributed by atoms with van der Waals surface area (Å²) in [7, 11) is 0. The predicted molar refractivity (Wildman–Crippen MR) is 72.1 cm³/mol. The van der Waals surface area contributed by atoms with Crippen LogP contribution in [-0.4, -0.2) is 43.3 Å². The van der Waals surface area contributed by atoms with E-state index in [0.717, 1.165) is 13.1 Å². The molecule has 0 radical (unpaired) electrons. The van der Waals surface area contributed by atoms with E-state index in [2.05, 4.69) is 37.9 Å². The molecule has 19 heavy (non-hydrogen) atoms. The Labute approximate surface area is 114 Å². The maximum Gasteiger partial charge on any atom is 0.391 e. The molecule has 1 rings (SSSR count). The molecular weight excluding hydrogens is 253 g/mol. The fourth-order valence-corrected chi connectivity index (χ4v) is 2.56. The van der Waals surface area contributed by atoms with Crippen LogP contribution in [0.2, 0.25) is 0 Å². The summed E-state index contributed by atoms with van der Waals surface area (Å²) in [6.45, 7) is 11.4. The number of hydrogen-bond donors (Lipinski definition) is 1. The topological polar surface area (TPSA) is 15.3 Å². The molecule has 0 aromatic carbocycles. The first-order valence-electron chi connectivity index (χ1n) is 7.12. The van der Waals surface area contributed by atoms with Crippen LogP contribution < -0.4 is 5.32 Å². The highest BCUT2D eigenvalue weighted by Gasteiger charge is 2.41. The van der Waals surface area contributed by atoms with Gasteiger partial charge < -0.3 is 10.2 Å². The molecule has 1 N–H and O–H groups in total. The Morgan fingerprint density at radius 2 is 1.68 bits per heavy atom. The number of hydrogen-bond acceptors (Lipinski definition) is 2. The lowest BCUT2D eigenvalue weighted by atomic mass is 9.89. The molecular formula is C14H27F3N2. The van der Waals surface area contributed by atoms with E-state index in [4.69, 9.17) is 0 Å². The van der Waals surface area contributed by atoms with Gasteiger partial charge in [0.15, 0.2) is 0 Å². The van der Waals surface area contributed by atoms with Crippen molar-refractivity contribution < 1.29 is 13.2 Å². The van der Waals surface area contributed by atoms with Crippen LogP contribution in [0.1, 0.15) is 40.5 Å². The number of alkyl halides is 3. The second kappa shape index (κ2) is 6.44. The standard InChI is InChI=1S/C14H27F3N2/c1-11(2)18-9-13(3,4)10-19-7-5-12(6-8-19)14(15,16)17/h11-12,18H,5-10H2,1-4H3. The van der Waals surface area contributed by atoms with E-state index in [0.29, 0.717) is 19.1 Å².